The van der Waals surface area contributed by atoms with Crippen LogP contribution in [0.4, 0.5) is 0 Å². The van der Waals surface area contributed by atoms with E-state index in [4.69, 9.17) is 0 Å². The lowest BCUT2D eigenvalue weighted by Gasteiger charge is -2.45. The molecule has 2 aromatic rings. The number of rotatable bonds is 5. The van der Waals surface area contributed by atoms with Crippen molar-refractivity contribution in [2.24, 2.45) is 10.8 Å². The van der Waals surface area contributed by atoms with Gasteiger partial charge >= 0.3 is 0 Å². The predicted octanol–water partition coefficient (Wildman–Crippen LogP) is 5.59. The normalized spacial score (nSPS) is 30.0. The van der Waals surface area contributed by atoms with E-state index in [1.165, 1.54) is 11.1 Å². The highest BCUT2D eigenvalue weighted by molar-refractivity contribution is 5.84. The lowest BCUT2D eigenvalue weighted by atomic mass is 9.62. The molecule has 2 heterocycles. The zero-order chi connectivity index (χ0) is 25.3. The van der Waals surface area contributed by atoms with Crippen LogP contribution in [0.1, 0.15) is 103 Å². The maximum Gasteiger partial charge on any atom is 0.226 e. The van der Waals surface area contributed by atoms with E-state index < -0.39 is 6.10 Å². The molecule has 1 amide bonds. The molecule has 2 N–H and O–H groups in total. The summed E-state index contributed by atoms with van der Waals surface area (Å²) >= 11 is 0. The van der Waals surface area contributed by atoms with Gasteiger partial charge in [0.15, 0.2) is 0 Å². The summed E-state index contributed by atoms with van der Waals surface area (Å²) in [6.07, 6.45) is 13.3. The van der Waals surface area contributed by atoms with Crippen LogP contribution in [0.15, 0.2) is 36.8 Å². The third-order valence-electron chi connectivity index (χ3n) is 9.64. The van der Waals surface area contributed by atoms with Gasteiger partial charge in [-0.3, -0.25) is 9.59 Å². The summed E-state index contributed by atoms with van der Waals surface area (Å²) in [4.78, 5) is 29.3. The summed E-state index contributed by atoms with van der Waals surface area (Å²) in [5.41, 5.74) is 3.24. The van der Waals surface area contributed by atoms with Gasteiger partial charge in [-0.25, -0.2) is 4.98 Å². The number of carbonyl (C=O) groups excluding carboxylic acids is 2. The van der Waals surface area contributed by atoms with Crippen molar-refractivity contribution < 1.29 is 14.7 Å². The minimum absolute atomic E-state index is 0.101. The fraction of sp³-hybridized carbons (Fsp3) is 0.633. The van der Waals surface area contributed by atoms with Crippen LogP contribution < -0.4 is 5.32 Å². The Kier molecular flexibility index (Phi) is 7.08. The second kappa shape index (κ2) is 10.1. The number of aliphatic hydroxyl groups is 1. The summed E-state index contributed by atoms with van der Waals surface area (Å²) in [5.74, 6) is 0.520. The maximum atomic E-state index is 13.4. The molecule has 0 saturated heterocycles. The molecule has 2 bridgehead atoms. The van der Waals surface area contributed by atoms with Crippen LogP contribution in [0.3, 0.4) is 0 Å². The van der Waals surface area contributed by atoms with Gasteiger partial charge in [0.1, 0.15) is 5.78 Å². The molecule has 2 atom stereocenters. The molecule has 1 aromatic carbocycles. The highest BCUT2D eigenvalue weighted by Gasteiger charge is 2.52. The molecule has 5 aliphatic rings. The van der Waals surface area contributed by atoms with Crippen LogP contribution in [0, 0.1) is 10.8 Å². The Bertz CT molecular complexity index is 1090. The first-order valence-electron chi connectivity index (χ1n) is 14.1. The molecule has 6 heteroatoms. The molecule has 4 aliphatic carbocycles. The van der Waals surface area contributed by atoms with E-state index in [2.05, 4.69) is 39.1 Å². The lowest BCUT2D eigenvalue weighted by molar-refractivity contribution is -0.137. The average Bonchev–Trinajstić information content (AvgIpc) is 3.36. The van der Waals surface area contributed by atoms with Crippen molar-refractivity contribution in [1.29, 1.82) is 0 Å². The number of fused-ring (bicyclic) bond motifs is 7. The Morgan fingerprint density at radius 1 is 1.11 bits per heavy atom. The number of nitrogens with one attached hydrogen (secondary N) is 1. The first kappa shape index (κ1) is 25.2. The van der Waals surface area contributed by atoms with Gasteiger partial charge in [0.2, 0.25) is 5.91 Å². The fourth-order valence-corrected chi connectivity index (χ4v) is 7.40. The Hall–Kier alpha value is -2.47. The largest absolute Gasteiger partial charge is 0.392 e. The molecule has 0 radical (unpaired) electrons. The van der Waals surface area contributed by atoms with E-state index in [1.54, 1.807) is 0 Å². The van der Waals surface area contributed by atoms with Gasteiger partial charge in [0.25, 0.3) is 0 Å². The highest BCUT2D eigenvalue weighted by atomic mass is 16.3. The smallest absolute Gasteiger partial charge is 0.226 e. The first-order chi connectivity index (χ1) is 17.5. The van der Waals surface area contributed by atoms with E-state index in [1.807, 2.05) is 26.4 Å². The van der Waals surface area contributed by atoms with E-state index in [-0.39, 0.29) is 28.8 Å². The lowest BCUT2D eigenvalue weighted by Crippen LogP contribution is -2.49. The number of nitrogens with zero attached hydrogens (tertiary/aromatic N) is 2. The van der Waals surface area contributed by atoms with Crippen LogP contribution in [-0.4, -0.2) is 38.5 Å². The van der Waals surface area contributed by atoms with Crippen molar-refractivity contribution in [3.63, 3.8) is 0 Å². The minimum atomic E-state index is -0.401. The third-order valence-corrected chi connectivity index (χ3v) is 9.64. The number of imidazole rings is 1. The van der Waals surface area contributed by atoms with Crippen LogP contribution in [0.5, 0.6) is 0 Å². The molecule has 194 valence electrons. The number of benzene rings is 1. The summed E-state index contributed by atoms with van der Waals surface area (Å²) in [7, 11) is 0. The summed E-state index contributed by atoms with van der Waals surface area (Å²) < 4.78 is 2.22. The molecule has 36 heavy (non-hydrogen) atoms. The van der Waals surface area contributed by atoms with Gasteiger partial charge in [0.05, 0.1) is 30.4 Å². The number of amides is 1. The summed E-state index contributed by atoms with van der Waals surface area (Å²) in [6.45, 7) is 4.00. The van der Waals surface area contributed by atoms with Crippen LogP contribution in [0.25, 0.3) is 11.3 Å². The van der Waals surface area contributed by atoms with Crippen molar-refractivity contribution in [3.05, 3.63) is 42.4 Å². The summed E-state index contributed by atoms with van der Waals surface area (Å²) in [5, 5.41) is 15.0. The number of hydrogen-bond acceptors (Lipinski definition) is 4. The number of hydrogen-bond donors (Lipinski definition) is 2. The molecule has 6 nitrogen and oxygen atoms in total. The number of carbonyl (C=O) groups is 2. The van der Waals surface area contributed by atoms with E-state index in [0.717, 1.165) is 63.5 Å². The molecule has 4 fully saturated rings. The van der Waals surface area contributed by atoms with Gasteiger partial charge in [-0.15, -0.1) is 0 Å². The van der Waals surface area contributed by atoms with Crippen LogP contribution in [0.2, 0.25) is 0 Å². The van der Waals surface area contributed by atoms with Crippen molar-refractivity contribution in [2.75, 3.05) is 0 Å². The highest BCUT2D eigenvalue weighted by Crippen LogP contribution is 2.57. The Morgan fingerprint density at radius 3 is 2.58 bits per heavy atom. The number of aromatic nitrogens is 2. The number of aliphatic hydroxyl groups excluding tert-OH is 1. The number of ketones is 1. The SMILES string of the molecule is CC.O=C1CCC(NC(=O)C23CCCC(C(O)CC4c5ccccc5-c5cncn54)(CC2)CC3)CC1. The molecular weight excluding hydrogens is 450 g/mol. The Balaban J connectivity index is 0.00000130. The van der Waals surface area contributed by atoms with Gasteiger partial charge in [0, 0.05) is 29.9 Å². The van der Waals surface area contributed by atoms with Gasteiger partial charge in [-0.05, 0) is 68.8 Å². The molecular formula is C30H41N3O3. The van der Waals surface area contributed by atoms with E-state index in [9.17, 15) is 14.7 Å². The molecule has 1 aliphatic heterocycles. The second-order valence-corrected chi connectivity index (χ2v) is 11.3. The van der Waals surface area contributed by atoms with Crippen LogP contribution in [-0.2, 0) is 9.59 Å². The zero-order valence-corrected chi connectivity index (χ0v) is 21.8. The molecule has 2 unspecified atom stereocenters. The van der Waals surface area contributed by atoms with Crippen LogP contribution >= 0.6 is 0 Å². The fourth-order valence-electron chi connectivity index (χ4n) is 7.40. The third kappa shape index (κ3) is 4.31. The quantitative estimate of drug-likeness (QED) is 0.571. The van der Waals surface area contributed by atoms with E-state index >= 15 is 0 Å². The van der Waals surface area contributed by atoms with Crippen molar-refractivity contribution >= 4 is 11.7 Å². The van der Waals surface area contributed by atoms with Crippen molar-refractivity contribution in [3.8, 4) is 11.3 Å². The Morgan fingerprint density at radius 2 is 1.83 bits per heavy atom. The average molecular weight is 492 g/mol. The zero-order valence-electron chi connectivity index (χ0n) is 21.8. The van der Waals surface area contributed by atoms with Gasteiger partial charge < -0.3 is 15.0 Å². The maximum absolute atomic E-state index is 13.4. The van der Waals surface area contributed by atoms with E-state index in [0.29, 0.717) is 25.0 Å². The van der Waals surface area contributed by atoms with Crippen molar-refractivity contribution in [1.82, 2.24) is 14.9 Å². The monoisotopic (exact) mass is 491 g/mol. The second-order valence-electron chi connectivity index (χ2n) is 11.3. The minimum Gasteiger partial charge on any atom is -0.392 e. The topological polar surface area (TPSA) is 84.2 Å². The predicted molar refractivity (Wildman–Crippen MR) is 140 cm³/mol. The Labute approximate surface area is 214 Å². The summed E-state index contributed by atoms with van der Waals surface area (Å²) in [6, 6.07) is 8.74. The molecule has 0 spiro atoms. The molecule has 7 rings (SSSR count). The van der Waals surface area contributed by atoms with Crippen molar-refractivity contribution in [2.45, 2.75) is 109 Å². The van der Waals surface area contributed by atoms with Gasteiger partial charge in [-0.1, -0.05) is 44.5 Å². The number of Topliss-reactive ketones (excluding diaryl/α,β-unsaturated/α-hetero) is 1. The first-order valence-corrected chi connectivity index (χ1v) is 14.1. The molecule has 4 saturated carbocycles. The molecule has 1 aromatic heterocycles. The standard InChI is InChI=1S/C28H35N3O3.C2H6/c32-20-8-6-19(7-9-20)30-26(34)28-11-3-10-27(12-14-28,13-15-28)25(33)16-23-21-4-1-2-5-22(21)24-17-29-18-31(23)24;1-2/h1-2,4-5,17-19,23,25,33H,3,6-16H2,(H,30,34);1-2H3. The van der Waals surface area contributed by atoms with Gasteiger partial charge in [-0.2, -0.15) is 0 Å².